The topological polar surface area (TPSA) is 26.0 Å². The second-order valence-corrected chi connectivity index (χ2v) is 3.50. The molecule has 0 saturated heterocycles. The van der Waals surface area contributed by atoms with Gasteiger partial charge < -0.3 is 5.73 Å². The fourth-order valence-corrected chi connectivity index (χ4v) is 1.63. The van der Waals surface area contributed by atoms with Crippen LogP contribution in [0.25, 0.3) is 0 Å². The Kier molecular flexibility index (Phi) is 2.50. The summed E-state index contributed by atoms with van der Waals surface area (Å²) in [6, 6.07) is 0.368. The van der Waals surface area contributed by atoms with E-state index in [0.717, 1.165) is 11.8 Å². The van der Waals surface area contributed by atoms with Crippen molar-refractivity contribution in [2.24, 2.45) is 17.6 Å². The van der Waals surface area contributed by atoms with E-state index in [4.69, 9.17) is 5.73 Å². The van der Waals surface area contributed by atoms with Crippen molar-refractivity contribution in [1.29, 1.82) is 0 Å². The highest BCUT2D eigenvalue weighted by molar-refractivity contribution is 4.99. The second kappa shape index (κ2) is 3.20. The zero-order valence-electron chi connectivity index (χ0n) is 6.88. The van der Waals surface area contributed by atoms with Crippen LogP contribution in [0, 0.1) is 11.8 Å². The summed E-state index contributed by atoms with van der Waals surface area (Å²) in [6.07, 6.45) is 6.99. The Morgan fingerprint density at radius 1 is 1.70 bits per heavy atom. The molecule has 0 fully saturated rings. The first kappa shape index (κ1) is 7.80. The van der Waals surface area contributed by atoms with Gasteiger partial charge in [-0.3, -0.25) is 0 Å². The van der Waals surface area contributed by atoms with Crippen molar-refractivity contribution in [3.05, 3.63) is 12.2 Å². The van der Waals surface area contributed by atoms with Crippen LogP contribution >= 0.6 is 0 Å². The van der Waals surface area contributed by atoms with Gasteiger partial charge in [0.15, 0.2) is 0 Å². The molecule has 2 N–H and O–H groups in total. The molecule has 0 aromatic carbocycles. The first-order valence-corrected chi connectivity index (χ1v) is 4.12. The van der Waals surface area contributed by atoms with Crippen molar-refractivity contribution in [3.63, 3.8) is 0 Å². The van der Waals surface area contributed by atoms with Crippen molar-refractivity contribution < 1.29 is 0 Å². The molecule has 1 rings (SSSR count). The first-order valence-electron chi connectivity index (χ1n) is 4.12. The van der Waals surface area contributed by atoms with Crippen LogP contribution in [0.4, 0.5) is 0 Å². The third-order valence-electron chi connectivity index (χ3n) is 2.30. The van der Waals surface area contributed by atoms with Gasteiger partial charge in [0.25, 0.3) is 0 Å². The third kappa shape index (κ3) is 1.84. The minimum Gasteiger partial charge on any atom is -0.328 e. The van der Waals surface area contributed by atoms with E-state index in [1.54, 1.807) is 0 Å². The molecule has 0 saturated carbocycles. The Hall–Kier alpha value is -0.300. The van der Waals surface area contributed by atoms with Gasteiger partial charge in [-0.15, -0.1) is 0 Å². The van der Waals surface area contributed by atoms with Crippen molar-refractivity contribution >= 4 is 0 Å². The molecule has 0 heterocycles. The zero-order valence-corrected chi connectivity index (χ0v) is 6.88. The summed E-state index contributed by atoms with van der Waals surface area (Å²) < 4.78 is 0. The van der Waals surface area contributed by atoms with Gasteiger partial charge in [0.1, 0.15) is 0 Å². The summed E-state index contributed by atoms with van der Waals surface area (Å²) in [4.78, 5) is 0. The monoisotopic (exact) mass is 139 g/mol. The normalized spacial score (nSPS) is 34.7. The highest BCUT2D eigenvalue weighted by Crippen LogP contribution is 2.27. The molecule has 0 bridgehead atoms. The van der Waals surface area contributed by atoms with Gasteiger partial charge in [0.05, 0.1) is 0 Å². The molecule has 1 aliphatic rings. The van der Waals surface area contributed by atoms with Crippen molar-refractivity contribution in [2.45, 2.75) is 32.7 Å². The van der Waals surface area contributed by atoms with Gasteiger partial charge in [-0.05, 0) is 31.6 Å². The molecule has 1 nitrogen and oxygen atoms in total. The molecule has 0 aromatic rings. The number of nitrogens with two attached hydrogens (primary N) is 1. The number of rotatable bonds is 2. The highest BCUT2D eigenvalue weighted by Gasteiger charge is 2.18. The van der Waals surface area contributed by atoms with E-state index in [1.165, 1.54) is 12.8 Å². The van der Waals surface area contributed by atoms with Gasteiger partial charge >= 0.3 is 0 Å². The smallest absolute Gasteiger partial charge is 0.00134 e. The largest absolute Gasteiger partial charge is 0.328 e. The van der Waals surface area contributed by atoms with E-state index < -0.39 is 0 Å². The molecule has 3 atom stereocenters. The minimum absolute atomic E-state index is 0.368. The number of allylic oxidation sites excluding steroid dienone is 2. The standard InChI is InChI=1S/C9H17N/c1-7-4-3-5-9(7)6-8(2)10/h3-4,7-9H,5-6,10H2,1-2H3. The second-order valence-electron chi connectivity index (χ2n) is 3.50. The highest BCUT2D eigenvalue weighted by atomic mass is 14.6. The summed E-state index contributed by atoms with van der Waals surface area (Å²) in [5.41, 5.74) is 5.71. The average Bonchev–Trinajstić information content (AvgIpc) is 2.15. The number of hydrogen-bond acceptors (Lipinski definition) is 1. The lowest BCUT2D eigenvalue weighted by Gasteiger charge is -2.16. The summed E-state index contributed by atoms with van der Waals surface area (Å²) in [5, 5.41) is 0. The molecular weight excluding hydrogens is 122 g/mol. The quantitative estimate of drug-likeness (QED) is 0.581. The van der Waals surface area contributed by atoms with Gasteiger partial charge in [0.2, 0.25) is 0 Å². The molecule has 1 aliphatic carbocycles. The van der Waals surface area contributed by atoms with Crippen molar-refractivity contribution in [2.75, 3.05) is 0 Å². The van der Waals surface area contributed by atoms with Gasteiger partial charge in [-0.1, -0.05) is 19.1 Å². The molecule has 10 heavy (non-hydrogen) atoms. The van der Waals surface area contributed by atoms with Crippen LogP contribution < -0.4 is 5.73 Å². The summed E-state index contributed by atoms with van der Waals surface area (Å²) in [6.45, 7) is 4.36. The summed E-state index contributed by atoms with van der Waals surface area (Å²) in [7, 11) is 0. The molecule has 0 spiro atoms. The Bertz CT molecular complexity index is 127. The van der Waals surface area contributed by atoms with E-state index in [-0.39, 0.29) is 0 Å². The average molecular weight is 139 g/mol. The first-order chi connectivity index (χ1) is 4.70. The molecule has 58 valence electrons. The fraction of sp³-hybridized carbons (Fsp3) is 0.778. The maximum atomic E-state index is 5.71. The van der Waals surface area contributed by atoms with Gasteiger partial charge in [-0.25, -0.2) is 0 Å². The van der Waals surface area contributed by atoms with Crippen LogP contribution in [0.5, 0.6) is 0 Å². The fourth-order valence-electron chi connectivity index (χ4n) is 1.63. The molecule has 3 unspecified atom stereocenters. The van der Waals surface area contributed by atoms with Crippen LogP contribution in [0.2, 0.25) is 0 Å². The predicted octanol–water partition coefficient (Wildman–Crippen LogP) is 1.94. The molecule has 1 heteroatoms. The molecule has 0 aliphatic heterocycles. The van der Waals surface area contributed by atoms with Crippen LogP contribution in [0.15, 0.2) is 12.2 Å². The van der Waals surface area contributed by atoms with E-state index in [0.29, 0.717) is 6.04 Å². The van der Waals surface area contributed by atoms with Crippen molar-refractivity contribution in [1.82, 2.24) is 0 Å². The van der Waals surface area contributed by atoms with E-state index in [1.807, 2.05) is 0 Å². The lowest BCUT2D eigenvalue weighted by Crippen LogP contribution is -2.20. The maximum Gasteiger partial charge on any atom is 0.00134 e. The molecule has 0 aromatic heterocycles. The lowest BCUT2D eigenvalue weighted by atomic mass is 9.91. The minimum atomic E-state index is 0.368. The number of hydrogen-bond donors (Lipinski definition) is 1. The Morgan fingerprint density at radius 2 is 2.40 bits per heavy atom. The summed E-state index contributed by atoms with van der Waals surface area (Å²) >= 11 is 0. The SMILES string of the molecule is CC(N)CC1CC=CC1C. The van der Waals surface area contributed by atoms with Crippen LogP contribution in [0.3, 0.4) is 0 Å². The van der Waals surface area contributed by atoms with Gasteiger partial charge in [-0.2, -0.15) is 0 Å². The molecule has 0 radical (unpaired) electrons. The zero-order chi connectivity index (χ0) is 7.56. The Labute approximate surface area is 63.3 Å². The van der Waals surface area contributed by atoms with E-state index in [9.17, 15) is 0 Å². The predicted molar refractivity (Wildman–Crippen MR) is 44.7 cm³/mol. The van der Waals surface area contributed by atoms with Gasteiger partial charge in [0, 0.05) is 6.04 Å². The third-order valence-corrected chi connectivity index (χ3v) is 2.30. The van der Waals surface area contributed by atoms with E-state index in [2.05, 4.69) is 26.0 Å². The van der Waals surface area contributed by atoms with Crippen molar-refractivity contribution in [3.8, 4) is 0 Å². The van der Waals surface area contributed by atoms with Crippen LogP contribution in [-0.2, 0) is 0 Å². The maximum absolute atomic E-state index is 5.71. The lowest BCUT2D eigenvalue weighted by molar-refractivity contribution is 0.391. The van der Waals surface area contributed by atoms with Crippen LogP contribution in [-0.4, -0.2) is 6.04 Å². The molecule has 0 amide bonds. The Balaban J connectivity index is 2.30. The molecular formula is C9H17N. The summed E-state index contributed by atoms with van der Waals surface area (Å²) in [5.74, 6) is 1.57. The Morgan fingerprint density at radius 3 is 2.80 bits per heavy atom. The van der Waals surface area contributed by atoms with Crippen LogP contribution in [0.1, 0.15) is 26.7 Å². The van der Waals surface area contributed by atoms with E-state index >= 15 is 0 Å².